The number of aryl methyl sites for hydroxylation is 1. The highest BCUT2D eigenvalue weighted by Gasteiger charge is 2.29. The summed E-state index contributed by atoms with van der Waals surface area (Å²) in [6.45, 7) is 6.85. The van der Waals surface area contributed by atoms with Crippen molar-refractivity contribution in [1.82, 2.24) is 10.2 Å². The van der Waals surface area contributed by atoms with Gasteiger partial charge in [0, 0.05) is 23.5 Å². The molecule has 1 N–H and O–H groups in total. The Hall–Kier alpha value is -1.52. The molecule has 0 atom stereocenters. The fraction of sp³-hybridized carbons (Fsp3) is 0.500. The standard InChI is InChI=1S/C18H24N2O2.ClH/c1-3-12-20(14-8-10-19-11-9-14)18(21)17-13(2)15-6-4-5-7-16(15)22-17;/h4-7,14,19H,3,8-12H2,1-2H3;1H. The van der Waals surface area contributed by atoms with Crippen LogP contribution in [0.1, 0.15) is 42.3 Å². The lowest BCUT2D eigenvalue weighted by Gasteiger charge is -2.34. The van der Waals surface area contributed by atoms with E-state index < -0.39 is 0 Å². The number of rotatable bonds is 4. The summed E-state index contributed by atoms with van der Waals surface area (Å²) in [5, 5.41) is 4.40. The number of amides is 1. The van der Waals surface area contributed by atoms with Crippen molar-refractivity contribution in [1.29, 1.82) is 0 Å². The van der Waals surface area contributed by atoms with Gasteiger partial charge in [-0.25, -0.2) is 0 Å². The van der Waals surface area contributed by atoms with Crippen LogP contribution in [0.3, 0.4) is 0 Å². The van der Waals surface area contributed by atoms with Gasteiger partial charge in [0.05, 0.1) is 0 Å². The van der Waals surface area contributed by atoms with Crippen molar-refractivity contribution in [2.75, 3.05) is 19.6 Å². The number of piperidine rings is 1. The molecule has 3 rings (SSSR count). The van der Waals surface area contributed by atoms with E-state index in [4.69, 9.17) is 4.42 Å². The van der Waals surface area contributed by atoms with Crippen molar-refractivity contribution in [3.63, 3.8) is 0 Å². The highest BCUT2D eigenvalue weighted by molar-refractivity contribution is 5.99. The van der Waals surface area contributed by atoms with Gasteiger partial charge in [0.25, 0.3) is 5.91 Å². The van der Waals surface area contributed by atoms with Crippen LogP contribution in [0.2, 0.25) is 0 Å². The Morgan fingerprint density at radius 2 is 2.00 bits per heavy atom. The number of halogens is 1. The van der Waals surface area contributed by atoms with E-state index in [1.165, 1.54) is 0 Å². The first kappa shape index (κ1) is 17.8. The van der Waals surface area contributed by atoms with Crippen molar-refractivity contribution < 1.29 is 9.21 Å². The van der Waals surface area contributed by atoms with Gasteiger partial charge in [-0.05, 0) is 45.3 Å². The molecule has 1 aliphatic heterocycles. The predicted molar refractivity (Wildman–Crippen MR) is 95.4 cm³/mol. The van der Waals surface area contributed by atoms with Crippen LogP contribution in [-0.4, -0.2) is 36.5 Å². The lowest BCUT2D eigenvalue weighted by Crippen LogP contribution is -2.46. The topological polar surface area (TPSA) is 45.5 Å². The number of carbonyl (C=O) groups excluding carboxylic acids is 1. The van der Waals surface area contributed by atoms with Crippen LogP contribution in [0.15, 0.2) is 28.7 Å². The third kappa shape index (κ3) is 3.54. The molecule has 0 saturated carbocycles. The van der Waals surface area contributed by atoms with Crippen LogP contribution in [0.25, 0.3) is 11.0 Å². The average molecular weight is 337 g/mol. The van der Waals surface area contributed by atoms with E-state index in [0.717, 1.165) is 55.4 Å². The lowest BCUT2D eigenvalue weighted by atomic mass is 10.0. The number of hydrogen-bond acceptors (Lipinski definition) is 3. The van der Waals surface area contributed by atoms with Crippen molar-refractivity contribution in [2.24, 2.45) is 0 Å². The van der Waals surface area contributed by atoms with E-state index in [0.29, 0.717) is 11.8 Å². The normalized spacial score (nSPS) is 15.4. The molecule has 0 spiro atoms. The van der Waals surface area contributed by atoms with Gasteiger partial charge in [-0.1, -0.05) is 25.1 Å². The SMILES string of the molecule is CCCN(C(=O)c1oc2ccccc2c1C)C1CCNCC1.Cl. The summed E-state index contributed by atoms with van der Waals surface area (Å²) in [6, 6.07) is 8.18. The van der Waals surface area contributed by atoms with E-state index >= 15 is 0 Å². The van der Waals surface area contributed by atoms with Crippen LogP contribution in [0.4, 0.5) is 0 Å². The number of nitrogens with one attached hydrogen (secondary N) is 1. The van der Waals surface area contributed by atoms with Gasteiger partial charge in [0.15, 0.2) is 5.76 Å². The zero-order valence-electron chi connectivity index (χ0n) is 13.8. The summed E-state index contributed by atoms with van der Waals surface area (Å²) in [6.07, 6.45) is 3.00. The van der Waals surface area contributed by atoms with E-state index in [9.17, 15) is 4.79 Å². The summed E-state index contributed by atoms with van der Waals surface area (Å²) in [7, 11) is 0. The van der Waals surface area contributed by atoms with Crippen LogP contribution in [0.5, 0.6) is 0 Å². The van der Waals surface area contributed by atoms with E-state index in [1.807, 2.05) is 36.1 Å². The molecule has 5 heteroatoms. The molecule has 0 unspecified atom stereocenters. The van der Waals surface area contributed by atoms with E-state index in [2.05, 4.69) is 12.2 Å². The Morgan fingerprint density at radius 3 is 2.65 bits per heavy atom. The number of nitrogens with zero attached hydrogens (tertiary/aromatic N) is 1. The second-order valence-electron chi connectivity index (χ2n) is 6.03. The molecule has 126 valence electrons. The number of para-hydroxylation sites is 1. The summed E-state index contributed by atoms with van der Waals surface area (Å²) in [5.74, 6) is 0.552. The second kappa shape index (κ2) is 7.84. The molecule has 1 saturated heterocycles. The van der Waals surface area contributed by atoms with Crippen molar-refractivity contribution >= 4 is 29.3 Å². The van der Waals surface area contributed by atoms with Crippen LogP contribution in [-0.2, 0) is 0 Å². The largest absolute Gasteiger partial charge is 0.451 e. The predicted octanol–water partition coefficient (Wildman–Crippen LogP) is 3.77. The number of furan rings is 1. The van der Waals surface area contributed by atoms with Gasteiger partial charge in [-0.3, -0.25) is 4.79 Å². The molecule has 1 aromatic carbocycles. The Labute approximate surface area is 143 Å². The lowest BCUT2D eigenvalue weighted by molar-refractivity contribution is 0.0611. The van der Waals surface area contributed by atoms with Crippen molar-refractivity contribution in [2.45, 2.75) is 39.2 Å². The first-order valence-electron chi connectivity index (χ1n) is 8.22. The molecule has 2 aromatic rings. The van der Waals surface area contributed by atoms with Gasteiger partial charge in [0.2, 0.25) is 0 Å². The fourth-order valence-electron chi connectivity index (χ4n) is 3.32. The molecule has 0 aliphatic carbocycles. The molecular formula is C18H25ClN2O2. The van der Waals surface area contributed by atoms with Crippen molar-refractivity contribution in [3.8, 4) is 0 Å². The molecule has 0 radical (unpaired) electrons. The van der Waals surface area contributed by atoms with E-state index in [-0.39, 0.29) is 18.3 Å². The molecule has 1 aliphatic rings. The molecule has 1 fully saturated rings. The maximum atomic E-state index is 13.0. The van der Waals surface area contributed by atoms with Gasteiger partial charge in [0.1, 0.15) is 5.58 Å². The summed E-state index contributed by atoms with van der Waals surface area (Å²) in [4.78, 5) is 15.1. The number of fused-ring (bicyclic) bond motifs is 1. The molecule has 1 aromatic heterocycles. The third-order valence-electron chi connectivity index (χ3n) is 4.51. The number of hydrogen-bond donors (Lipinski definition) is 1. The highest BCUT2D eigenvalue weighted by Crippen LogP contribution is 2.27. The molecule has 1 amide bonds. The van der Waals surface area contributed by atoms with Crippen molar-refractivity contribution in [3.05, 3.63) is 35.6 Å². The molecule has 0 bridgehead atoms. The van der Waals surface area contributed by atoms with Gasteiger partial charge in [-0.15, -0.1) is 12.4 Å². The maximum Gasteiger partial charge on any atom is 0.290 e. The van der Waals surface area contributed by atoms with E-state index in [1.54, 1.807) is 0 Å². The first-order valence-corrected chi connectivity index (χ1v) is 8.22. The minimum absolute atomic E-state index is 0. The van der Waals surface area contributed by atoms with Gasteiger partial charge < -0.3 is 14.6 Å². The first-order chi connectivity index (χ1) is 10.7. The Morgan fingerprint density at radius 1 is 1.30 bits per heavy atom. The molecule has 23 heavy (non-hydrogen) atoms. The molecule has 2 heterocycles. The highest BCUT2D eigenvalue weighted by atomic mass is 35.5. The summed E-state index contributed by atoms with van der Waals surface area (Å²) < 4.78 is 5.87. The van der Waals surface area contributed by atoms with Gasteiger partial charge in [-0.2, -0.15) is 0 Å². The minimum atomic E-state index is 0. The number of carbonyl (C=O) groups is 1. The summed E-state index contributed by atoms with van der Waals surface area (Å²) in [5.41, 5.74) is 1.75. The monoisotopic (exact) mass is 336 g/mol. The number of benzene rings is 1. The average Bonchev–Trinajstić information content (AvgIpc) is 2.90. The van der Waals surface area contributed by atoms with Gasteiger partial charge >= 0.3 is 0 Å². The third-order valence-corrected chi connectivity index (χ3v) is 4.51. The van der Waals surface area contributed by atoms with Crippen LogP contribution < -0.4 is 5.32 Å². The second-order valence-corrected chi connectivity index (χ2v) is 6.03. The molecule has 4 nitrogen and oxygen atoms in total. The minimum Gasteiger partial charge on any atom is -0.451 e. The Kier molecular flexibility index (Phi) is 6.08. The fourth-order valence-corrected chi connectivity index (χ4v) is 3.32. The zero-order valence-corrected chi connectivity index (χ0v) is 14.6. The van der Waals surface area contributed by atoms with Crippen LogP contribution >= 0.6 is 12.4 Å². The Bertz CT molecular complexity index is 662. The zero-order chi connectivity index (χ0) is 15.5. The quantitative estimate of drug-likeness (QED) is 0.924. The maximum absolute atomic E-state index is 13.0. The van der Waals surface area contributed by atoms with Crippen LogP contribution in [0, 0.1) is 6.92 Å². The smallest absolute Gasteiger partial charge is 0.290 e. The Balaban J connectivity index is 0.00000192. The molecular weight excluding hydrogens is 312 g/mol. The summed E-state index contributed by atoms with van der Waals surface area (Å²) >= 11 is 0.